The van der Waals surface area contributed by atoms with Crippen molar-refractivity contribution in [2.75, 3.05) is 0 Å². The fraction of sp³-hybridized carbons (Fsp3) is 0.111. The lowest BCUT2D eigenvalue weighted by molar-refractivity contribution is 0.0683. The minimum Gasteiger partial charge on any atom is -0.477 e. The highest BCUT2D eigenvalue weighted by molar-refractivity contribution is 5.87. The van der Waals surface area contributed by atoms with Crippen molar-refractivity contribution in [1.29, 1.82) is 0 Å². The number of carboxylic acids is 1. The van der Waals surface area contributed by atoms with E-state index in [0.717, 1.165) is 16.7 Å². The van der Waals surface area contributed by atoms with E-state index in [1.165, 1.54) is 4.68 Å². The van der Waals surface area contributed by atoms with Gasteiger partial charge in [0.15, 0.2) is 0 Å². The number of nitrogens with zero attached hydrogens (tertiary/aromatic N) is 2. The summed E-state index contributed by atoms with van der Waals surface area (Å²) < 4.78 is 1.50. The summed E-state index contributed by atoms with van der Waals surface area (Å²) in [6.07, 6.45) is 0. The first kappa shape index (κ1) is 14.1. The summed E-state index contributed by atoms with van der Waals surface area (Å²) in [6.45, 7) is 2.41. The molecule has 3 rings (SSSR count). The number of hydrogen-bond donors (Lipinski definition) is 1. The third-order valence-electron chi connectivity index (χ3n) is 3.59. The first-order chi connectivity index (χ1) is 10.7. The van der Waals surface area contributed by atoms with Crippen molar-refractivity contribution in [2.24, 2.45) is 0 Å². The van der Waals surface area contributed by atoms with Crippen molar-refractivity contribution in [3.63, 3.8) is 0 Å². The summed E-state index contributed by atoms with van der Waals surface area (Å²) in [5.41, 5.74) is 4.08. The van der Waals surface area contributed by atoms with Crippen LogP contribution in [0.25, 0.3) is 22.4 Å². The molecular formula is C18H16N2O2. The van der Waals surface area contributed by atoms with Crippen LogP contribution in [-0.4, -0.2) is 20.9 Å². The smallest absolute Gasteiger partial charge is 0.354 e. The second kappa shape index (κ2) is 5.85. The van der Waals surface area contributed by atoms with Gasteiger partial charge in [0.2, 0.25) is 0 Å². The molecule has 0 aliphatic rings. The molecule has 2 aromatic carbocycles. The fourth-order valence-electron chi connectivity index (χ4n) is 2.44. The predicted octanol–water partition coefficient (Wildman–Crippen LogP) is 3.94. The molecule has 110 valence electrons. The highest BCUT2D eigenvalue weighted by Crippen LogP contribution is 2.24. The van der Waals surface area contributed by atoms with Gasteiger partial charge in [-0.05, 0) is 24.1 Å². The van der Waals surface area contributed by atoms with Crippen LogP contribution in [0.1, 0.15) is 17.4 Å². The van der Waals surface area contributed by atoms with Crippen molar-refractivity contribution in [3.05, 3.63) is 66.4 Å². The lowest BCUT2D eigenvalue weighted by atomic mass is 10.0. The number of aromatic nitrogens is 2. The Labute approximate surface area is 128 Å². The molecule has 0 aliphatic heterocycles. The number of carbonyl (C=O) groups is 1. The summed E-state index contributed by atoms with van der Waals surface area (Å²) in [6, 6.07) is 19.7. The molecule has 1 N–H and O–H groups in total. The fourth-order valence-corrected chi connectivity index (χ4v) is 2.44. The summed E-state index contributed by atoms with van der Waals surface area (Å²) in [4.78, 5) is 11.2. The molecular weight excluding hydrogens is 276 g/mol. The molecule has 0 amide bonds. The Bertz CT molecular complexity index is 790. The summed E-state index contributed by atoms with van der Waals surface area (Å²) in [7, 11) is 0. The molecule has 0 aliphatic carbocycles. The Hall–Kier alpha value is -2.88. The molecule has 0 bridgehead atoms. The topological polar surface area (TPSA) is 55.1 Å². The van der Waals surface area contributed by atoms with Crippen LogP contribution in [0.5, 0.6) is 0 Å². The van der Waals surface area contributed by atoms with Gasteiger partial charge >= 0.3 is 5.97 Å². The zero-order valence-corrected chi connectivity index (χ0v) is 12.2. The van der Waals surface area contributed by atoms with Gasteiger partial charge in [-0.25, -0.2) is 4.79 Å². The van der Waals surface area contributed by atoms with Gasteiger partial charge in [-0.3, -0.25) is 4.68 Å². The Balaban J connectivity index is 1.95. The number of carboxylic acid groups (broad SMARTS) is 1. The summed E-state index contributed by atoms with van der Waals surface area (Å²) in [5.74, 6) is -0.957. The maximum Gasteiger partial charge on any atom is 0.354 e. The largest absolute Gasteiger partial charge is 0.477 e. The van der Waals surface area contributed by atoms with Crippen molar-refractivity contribution in [1.82, 2.24) is 9.78 Å². The Morgan fingerprint density at radius 2 is 1.59 bits per heavy atom. The van der Waals surface area contributed by atoms with Gasteiger partial charge in [-0.1, -0.05) is 54.6 Å². The highest BCUT2D eigenvalue weighted by Gasteiger charge is 2.14. The van der Waals surface area contributed by atoms with E-state index in [2.05, 4.69) is 17.2 Å². The molecule has 0 fully saturated rings. The molecule has 1 heterocycles. The monoisotopic (exact) mass is 292 g/mol. The van der Waals surface area contributed by atoms with Crippen LogP contribution in [0.3, 0.4) is 0 Å². The molecule has 0 saturated carbocycles. The lowest BCUT2D eigenvalue weighted by Gasteiger charge is -2.02. The van der Waals surface area contributed by atoms with Gasteiger partial charge in [0.25, 0.3) is 0 Å². The summed E-state index contributed by atoms with van der Waals surface area (Å²) >= 11 is 0. The van der Waals surface area contributed by atoms with E-state index in [9.17, 15) is 9.90 Å². The molecule has 0 unspecified atom stereocenters. The summed E-state index contributed by atoms with van der Waals surface area (Å²) in [5, 5.41) is 13.5. The number of aryl methyl sites for hydroxylation is 1. The van der Waals surface area contributed by atoms with Gasteiger partial charge in [0, 0.05) is 12.1 Å². The van der Waals surface area contributed by atoms with E-state index in [4.69, 9.17) is 0 Å². The van der Waals surface area contributed by atoms with E-state index in [0.29, 0.717) is 12.2 Å². The zero-order valence-electron chi connectivity index (χ0n) is 12.2. The van der Waals surface area contributed by atoms with E-state index in [1.807, 2.05) is 49.4 Å². The van der Waals surface area contributed by atoms with E-state index in [-0.39, 0.29) is 5.69 Å². The van der Waals surface area contributed by atoms with Crippen LogP contribution < -0.4 is 0 Å². The van der Waals surface area contributed by atoms with E-state index in [1.54, 1.807) is 6.07 Å². The van der Waals surface area contributed by atoms with Crippen LogP contribution in [0.2, 0.25) is 0 Å². The van der Waals surface area contributed by atoms with Crippen LogP contribution in [0.15, 0.2) is 60.7 Å². The van der Waals surface area contributed by atoms with Gasteiger partial charge in [0.05, 0.1) is 5.69 Å². The van der Waals surface area contributed by atoms with E-state index >= 15 is 0 Å². The molecule has 1 aromatic heterocycles. The van der Waals surface area contributed by atoms with Crippen LogP contribution in [0, 0.1) is 0 Å². The average molecular weight is 292 g/mol. The maximum absolute atomic E-state index is 11.2. The first-order valence-corrected chi connectivity index (χ1v) is 7.16. The minimum atomic E-state index is -0.957. The molecule has 4 heteroatoms. The standard InChI is InChI=1S/C18H16N2O2/c1-2-20-17(18(21)22)12-16(19-20)15-10-8-14(9-11-15)13-6-4-3-5-7-13/h3-12H,2H2,1H3,(H,21,22). The lowest BCUT2D eigenvalue weighted by Crippen LogP contribution is -2.07. The molecule has 0 atom stereocenters. The normalized spacial score (nSPS) is 10.6. The average Bonchev–Trinajstić information content (AvgIpc) is 3.00. The van der Waals surface area contributed by atoms with Crippen molar-refractivity contribution >= 4 is 5.97 Å². The quantitative estimate of drug-likeness (QED) is 0.792. The molecule has 3 aromatic rings. The van der Waals surface area contributed by atoms with Crippen LogP contribution in [-0.2, 0) is 6.54 Å². The molecule has 0 saturated heterocycles. The third kappa shape index (κ3) is 2.63. The van der Waals surface area contributed by atoms with Gasteiger partial charge in [0.1, 0.15) is 5.69 Å². The molecule has 0 radical (unpaired) electrons. The molecule has 4 nitrogen and oxygen atoms in total. The zero-order chi connectivity index (χ0) is 15.5. The maximum atomic E-state index is 11.2. The number of aromatic carboxylic acids is 1. The third-order valence-corrected chi connectivity index (χ3v) is 3.59. The van der Waals surface area contributed by atoms with Gasteiger partial charge in [-0.15, -0.1) is 0 Å². The van der Waals surface area contributed by atoms with Crippen molar-refractivity contribution in [2.45, 2.75) is 13.5 Å². The Morgan fingerprint density at radius 3 is 2.14 bits per heavy atom. The van der Waals surface area contributed by atoms with Crippen molar-refractivity contribution < 1.29 is 9.90 Å². The Kier molecular flexibility index (Phi) is 3.74. The van der Waals surface area contributed by atoms with E-state index < -0.39 is 5.97 Å². The first-order valence-electron chi connectivity index (χ1n) is 7.16. The Morgan fingerprint density at radius 1 is 1.00 bits per heavy atom. The number of benzene rings is 2. The molecule has 0 spiro atoms. The van der Waals surface area contributed by atoms with Crippen molar-refractivity contribution in [3.8, 4) is 22.4 Å². The predicted molar refractivity (Wildman–Crippen MR) is 85.7 cm³/mol. The second-order valence-electron chi connectivity index (χ2n) is 4.98. The van der Waals surface area contributed by atoms with Gasteiger partial charge in [-0.2, -0.15) is 5.10 Å². The van der Waals surface area contributed by atoms with Gasteiger partial charge < -0.3 is 5.11 Å². The van der Waals surface area contributed by atoms with Crippen LogP contribution in [0.4, 0.5) is 0 Å². The highest BCUT2D eigenvalue weighted by atomic mass is 16.4. The van der Waals surface area contributed by atoms with Crippen LogP contribution >= 0.6 is 0 Å². The minimum absolute atomic E-state index is 0.213. The number of hydrogen-bond acceptors (Lipinski definition) is 2. The second-order valence-corrected chi connectivity index (χ2v) is 4.98. The molecule has 22 heavy (non-hydrogen) atoms. The SMILES string of the molecule is CCn1nc(-c2ccc(-c3ccccc3)cc2)cc1C(=O)O. The number of rotatable bonds is 4.